The van der Waals surface area contributed by atoms with Gasteiger partial charge in [-0.2, -0.15) is 0 Å². The van der Waals surface area contributed by atoms with Gasteiger partial charge in [-0.1, -0.05) is 31.9 Å². The number of hydrogen-bond donors (Lipinski definition) is 3. The molecule has 3 heterocycles. The van der Waals surface area contributed by atoms with Gasteiger partial charge in [0.25, 0.3) is 5.91 Å². The van der Waals surface area contributed by atoms with Gasteiger partial charge in [0.05, 0.1) is 18.4 Å². The first-order chi connectivity index (χ1) is 21.1. The Morgan fingerprint density at radius 3 is 2.64 bits per heavy atom. The minimum Gasteiger partial charge on any atom is -0.488 e. The van der Waals surface area contributed by atoms with Crippen molar-refractivity contribution < 1.29 is 37.1 Å². The number of amides is 4. The van der Waals surface area contributed by atoms with E-state index in [0.29, 0.717) is 37.9 Å². The number of ether oxygens (including phenoxy) is 2. The van der Waals surface area contributed by atoms with E-state index in [1.54, 1.807) is 24.5 Å². The second-order valence-electron chi connectivity index (χ2n) is 12.0. The molecule has 13 nitrogen and oxygen atoms in total. The summed E-state index contributed by atoms with van der Waals surface area (Å²) in [5, 5.41) is 4.93. The van der Waals surface area contributed by atoms with Crippen LogP contribution in [-0.2, 0) is 29.1 Å². The van der Waals surface area contributed by atoms with Crippen LogP contribution < -0.4 is 20.1 Å². The summed E-state index contributed by atoms with van der Waals surface area (Å²) >= 11 is 0. The van der Waals surface area contributed by atoms with Gasteiger partial charge in [0.2, 0.25) is 21.8 Å². The van der Waals surface area contributed by atoms with Gasteiger partial charge in [0, 0.05) is 24.7 Å². The Morgan fingerprint density at radius 2 is 1.91 bits per heavy atom. The SMILES string of the molecule is CCCOC(=O)N[C@H]1CCCCC/C=C/[C@@H]2C[C@@]2(C(=O)NS(=O)(=O)C2CC2)NC(=O)[C@@H]2C[C@@H](Oc3ccncc3)CN2C1=O. The third-order valence-electron chi connectivity index (χ3n) is 8.52. The number of nitrogens with zero attached hydrogens (tertiary/aromatic N) is 2. The predicted molar refractivity (Wildman–Crippen MR) is 159 cm³/mol. The summed E-state index contributed by atoms with van der Waals surface area (Å²) in [4.78, 5) is 59.4. The summed E-state index contributed by atoms with van der Waals surface area (Å²) in [5.74, 6) is -1.67. The number of pyridine rings is 1. The van der Waals surface area contributed by atoms with Gasteiger partial charge in [-0.15, -0.1) is 0 Å². The van der Waals surface area contributed by atoms with Crippen molar-refractivity contribution in [2.24, 2.45) is 5.92 Å². The lowest BCUT2D eigenvalue weighted by molar-refractivity contribution is -0.141. The van der Waals surface area contributed by atoms with E-state index < -0.39 is 62.8 Å². The molecule has 14 heteroatoms. The Bertz CT molecular complexity index is 1370. The molecule has 1 saturated heterocycles. The first-order valence-electron chi connectivity index (χ1n) is 15.5. The summed E-state index contributed by atoms with van der Waals surface area (Å²) in [6, 6.07) is 1.40. The number of hydrogen-bond acceptors (Lipinski definition) is 9. The molecule has 0 bridgehead atoms. The minimum absolute atomic E-state index is 0.0695. The van der Waals surface area contributed by atoms with Crippen molar-refractivity contribution in [1.29, 1.82) is 0 Å². The molecule has 4 aliphatic rings. The molecule has 1 aromatic rings. The Kier molecular flexibility index (Phi) is 9.76. The van der Waals surface area contributed by atoms with E-state index >= 15 is 0 Å². The topological polar surface area (TPSA) is 173 Å². The van der Waals surface area contributed by atoms with Gasteiger partial charge >= 0.3 is 6.09 Å². The first-order valence-corrected chi connectivity index (χ1v) is 17.0. The largest absolute Gasteiger partial charge is 0.488 e. The Morgan fingerprint density at radius 1 is 1.14 bits per heavy atom. The fourth-order valence-corrected chi connectivity index (χ4v) is 7.20. The first kappa shape index (κ1) is 31.7. The Labute approximate surface area is 257 Å². The standard InChI is InChI=1S/C30H41N5O8S/c1-2-16-42-29(39)32-24-9-7-5-3-4-6-8-20-18-30(20,28(38)34-44(40,41)23-10-11-23)33-26(36)25-17-22(19-35(25)27(24)37)43-21-12-14-31-15-13-21/h6,8,12-15,20,22-25H,2-5,7,9-11,16-19H2,1H3,(H,32,39)(H,33,36)(H,34,38)/b8-6+/t20-,22-,24+,25+,30-/m1/s1. The van der Waals surface area contributed by atoms with E-state index in [2.05, 4.69) is 20.3 Å². The number of allylic oxidation sites excluding steroid dienone is 1. The van der Waals surface area contributed by atoms with Gasteiger partial charge in [-0.25, -0.2) is 13.2 Å². The van der Waals surface area contributed by atoms with Crippen LogP contribution in [-0.4, -0.2) is 84.2 Å². The quantitative estimate of drug-likeness (QED) is 0.363. The maximum absolute atomic E-state index is 14.0. The van der Waals surface area contributed by atoms with Gasteiger partial charge in [-0.05, 0) is 57.1 Å². The van der Waals surface area contributed by atoms with Crippen molar-refractivity contribution in [2.45, 2.75) is 100 Å². The Balaban J connectivity index is 1.41. The van der Waals surface area contributed by atoms with Crippen LogP contribution in [0.2, 0.25) is 0 Å². The normalized spacial score (nSPS) is 30.0. The minimum atomic E-state index is -3.84. The average molecular weight is 632 g/mol. The van der Waals surface area contributed by atoms with Gasteiger partial charge in [-0.3, -0.25) is 24.1 Å². The van der Waals surface area contributed by atoms with Gasteiger partial charge in [0.15, 0.2) is 0 Å². The van der Waals surface area contributed by atoms with Gasteiger partial charge in [0.1, 0.15) is 29.5 Å². The third kappa shape index (κ3) is 7.51. The number of fused-ring (bicyclic) bond motifs is 2. The average Bonchev–Trinajstić information content (AvgIpc) is 3.92. The van der Waals surface area contributed by atoms with E-state index in [-0.39, 0.29) is 31.9 Å². The lowest BCUT2D eigenvalue weighted by atomic mass is 10.1. The third-order valence-corrected chi connectivity index (χ3v) is 10.3. The van der Waals surface area contributed by atoms with Crippen LogP contribution in [0.4, 0.5) is 4.79 Å². The second kappa shape index (κ2) is 13.5. The van der Waals surface area contributed by atoms with Crippen molar-refractivity contribution in [3.05, 3.63) is 36.7 Å². The maximum Gasteiger partial charge on any atom is 0.407 e. The highest BCUT2D eigenvalue weighted by Crippen LogP contribution is 2.46. The van der Waals surface area contributed by atoms with Gasteiger partial charge < -0.3 is 25.0 Å². The molecule has 1 aromatic heterocycles. The molecule has 240 valence electrons. The molecule has 44 heavy (non-hydrogen) atoms. The summed E-state index contributed by atoms with van der Waals surface area (Å²) < 4.78 is 38.8. The number of sulfonamides is 1. The van der Waals surface area contributed by atoms with Crippen molar-refractivity contribution in [3.8, 4) is 5.75 Å². The molecule has 2 aliphatic heterocycles. The number of nitrogens with one attached hydrogen (secondary N) is 3. The maximum atomic E-state index is 14.0. The van der Waals surface area contributed by atoms with Crippen LogP contribution in [0, 0.1) is 5.92 Å². The predicted octanol–water partition coefficient (Wildman–Crippen LogP) is 1.94. The van der Waals surface area contributed by atoms with E-state index in [1.165, 1.54) is 4.90 Å². The zero-order chi connectivity index (χ0) is 31.3. The highest BCUT2D eigenvalue weighted by Gasteiger charge is 2.62. The highest BCUT2D eigenvalue weighted by molar-refractivity contribution is 7.91. The fraction of sp³-hybridized carbons (Fsp3) is 0.633. The summed E-state index contributed by atoms with van der Waals surface area (Å²) in [6.45, 7) is 2.14. The lowest BCUT2D eigenvalue weighted by Crippen LogP contribution is -2.58. The molecule has 2 saturated carbocycles. The Hall–Kier alpha value is -3.68. The van der Waals surface area contributed by atoms with Crippen LogP contribution in [0.15, 0.2) is 36.7 Å². The van der Waals surface area contributed by atoms with Crippen molar-refractivity contribution in [1.82, 2.24) is 25.2 Å². The molecule has 0 unspecified atom stereocenters. The van der Waals surface area contributed by atoms with Crippen molar-refractivity contribution in [2.75, 3.05) is 13.2 Å². The summed E-state index contributed by atoms with van der Waals surface area (Å²) in [6.07, 6.45) is 11.0. The highest BCUT2D eigenvalue weighted by atomic mass is 32.2. The summed E-state index contributed by atoms with van der Waals surface area (Å²) in [7, 11) is -3.84. The van der Waals surface area contributed by atoms with Crippen LogP contribution in [0.1, 0.15) is 71.1 Å². The fourth-order valence-electron chi connectivity index (χ4n) is 5.84. The molecular weight excluding hydrogens is 590 g/mol. The molecule has 2 aliphatic carbocycles. The monoisotopic (exact) mass is 631 g/mol. The lowest BCUT2D eigenvalue weighted by Gasteiger charge is -2.29. The molecule has 0 radical (unpaired) electrons. The second-order valence-corrected chi connectivity index (χ2v) is 14.0. The van der Waals surface area contributed by atoms with E-state index in [0.717, 1.165) is 19.3 Å². The summed E-state index contributed by atoms with van der Waals surface area (Å²) in [5.41, 5.74) is -1.45. The van der Waals surface area contributed by atoms with Crippen LogP contribution in [0.3, 0.4) is 0 Å². The van der Waals surface area contributed by atoms with E-state index in [9.17, 15) is 27.6 Å². The zero-order valence-electron chi connectivity index (χ0n) is 24.9. The molecule has 0 spiro atoms. The van der Waals surface area contributed by atoms with Crippen LogP contribution in [0.25, 0.3) is 0 Å². The number of aromatic nitrogens is 1. The molecule has 0 aromatic carbocycles. The molecule has 3 N–H and O–H groups in total. The number of rotatable bonds is 8. The van der Waals surface area contributed by atoms with Crippen molar-refractivity contribution in [3.63, 3.8) is 0 Å². The molecular formula is C30H41N5O8S. The number of carbonyl (C=O) groups excluding carboxylic acids is 4. The number of carbonyl (C=O) groups is 4. The molecule has 5 rings (SSSR count). The number of alkyl carbamates (subject to hydrolysis) is 1. The zero-order valence-corrected chi connectivity index (χ0v) is 25.7. The molecule has 4 amide bonds. The molecule has 3 fully saturated rings. The van der Waals surface area contributed by atoms with E-state index in [4.69, 9.17) is 9.47 Å². The van der Waals surface area contributed by atoms with Crippen LogP contribution in [0.5, 0.6) is 5.75 Å². The molecule has 5 atom stereocenters. The van der Waals surface area contributed by atoms with E-state index in [1.807, 2.05) is 19.1 Å². The smallest absolute Gasteiger partial charge is 0.407 e. The van der Waals surface area contributed by atoms with Crippen LogP contribution >= 0.6 is 0 Å². The van der Waals surface area contributed by atoms with Crippen molar-refractivity contribution >= 4 is 33.8 Å².